The number of halogens is 1. The normalized spacial score (nSPS) is 22.2. The van der Waals surface area contributed by atoms with Crippen LogP contribution in [0, 0.1) is 0 Å². The van der Waals surface area contributed by atoms with Crippen LogP contribution in [-0.4, -0.2) is 31.4 Å². The molecule has 3 nitrogen and oxygen atoms in total. The van der Waals surface area contributed by atoms with Crippen LogP contribution in [0.2, 0.25) is 5.02 Å². The Morgan fingerprint density at radius 1 is 1.12 bits per heavy atom. The largest absolute Gasteiger partial charge is 0.344 e. The second-order valence-corrected chi connectivity index (χ2v) is 7.82. The van der Waals surface area contributed by atoms with E-state index in [4.69, 9.17) is 11.6 Å². The highest BCUT2D eigenvalue weighted by Crippen LogP contribution is 2.43. The van der Waals surface area contributed by atoms with E-state index in [1.165, 1.54) is 11.1 Å². The first-order valence-electron chi connectivity index (χ1n) is 9.28. The van der Waals surface area contributed by atoms with E-state index in [9.17, 15) is 4.79 Å². The Morgan fingerprint density at radius 2 is 1.81 bits per heavy atom. The van der Waals surface area contributed by atoms with Crippen molar-refractivity contribution in [1.29, 1.82) is 0 Å². The van der Waals surface area contributed by atoms with Crippen LogP contribution in [-0.2, 0) is 10.2 Å². The second-order valence-electron chi connectivity index (χ2n) is 7.39. The summed E-state index contributed by atoms with van der Waals surface area (Å²) < 4.78 is 0. The fourth-order valence-electron chi connectivity index (χ4n) is 4.05. The molecule has 138 valence electrons. The van der Waals surface area contributed by atoms with Gasteiger partial charge in [0.1, 0.15) is 0 Å². The maximum absolute atomic E-state index is 13.3. The monoisotopic (exact) mass is 370 g/mol. The fourth-order valence-corrected chi connectivity index (χ4v) is 4.17. The van der Waals surface area contributed by atoms with Gasteiger partial charge in [-0.05, 0) is 68.7 Å². The Morgan fingerprint density at radius 3 is 2.46 bits per heavy atom. The van der Waals surface area contributed by atoms with Gasteiger partial charge >= 0.3 is 0 Å². The van der Waals surface area contributed by atoms with Crippen molar-refractivity contribution in [1.82, 2.24) is 10.2 Å². The van der Waals surface area contributed by atoms with E-state index in [-0.39, 0.29) is 11.9 Å². The fraction of sp³-hybridized carbons (Fsp3) is 0.409. The molecule has 2 aromatic rings. The lowest BCUT2D eigenvalue weighted by Gasteiger charge is -2.41. The predicted molar refractivity (Wildman–Crippen MR) is 108 cm³/mol. The maximum Gasteiger partial charge on any atom is 0.231 e. The molecule has 1 aliphatic rings. The molecule has 1 aliphatic heterocycles. The van der Waals surface area contributed by atoms with Crippen molar-refractivity contribution in [2.75, 3.05) is 20.6 Å². The number of benzene rings is 2. The molecule has 1 heterocycles. The lowest BCUT2D eigenvalue weighted by Crippen LogP contribution is -2.51. The lowest BCUT2D eigenvalue weighted by molar-refractivity contribution is -0.128. The van der Waals surface area contributed by atoms with E-state index < -0.39 is 5.41 Å². The molecule has 1 N–H and O–H groups in total. The van der Waals surface area contributed by atoms with Crippen LogP contribution in [0.5, 0.6) is 0 Å². The molecule has 3 rings (SSSR count). The highest BCUT2D eigenvalue weighted by atomic mass is 35.5. The minimum absolute atomic E-state index is 0.121. The minimum atomic E-state index is -0.449. The number of carbonyl (C=O) groups is 1. The summed E-state index contributed by atoms with van der Waals surface area (Å²) in [7, 11) is 4.15. The van der Waals surface area contributed by atoms with Gasteiger partial charge in [-0.2, -0.15) is 0 Å². The molecule has 0 saturated heterocycles. The highest BCUT2D eigenvalue weighted by molar-refractivity contribution is 6.30. The third-order valence-electron chi connectivity index (χ3n) is 5.51. The van der Waals surface area contributed by atoms with Crippen LogP contribution >= 0.6 is 11.6 Å². The van der Waals surface area contributed by atoms with Crippen molar-refractivity contribution in [3.63, 3.8) is 0 Å². The van der Waals surface area contributed by atoms with E-state index in [0.717, 1.165) is 31.4 Å². The molecular formula is C22H27ClN2O. The van der Waals surface area contributed by atoms with E-state index in [2.05, 4.69) is 49.4 Å². The van der Waals surface area contributed by atoms with Crippen molar-refractivity contribution in [3.8, 4) is 0 Å². The van der Waals surface area contributed by atoms with Crippen LogP contribution in [0.4, 0.5) is 0 Å². The predicted octanol–water partition coefficient (Wildman–Crippen LogP) is 4.55. The molecule has 2 aromatic carbocycles. The van der Waals surface area contributed by atoms with Crippen molar-refractivity contribution in [2.24, 2.45) is 0 Å². The number of fused-ring (bicyclic) bond motifs is 1. The molecule has 0 radical (unpaired) electrons. The molecule has 26 heavy (non-hydrogen) atoms. The first kappa shape index (κ1) is 18.9. The minimum Gasteiger partial charge on any atom is -0.344 e. The van der Waals surface area contributed by atoms with Gasteiger partial charge in [0.15, 0.2) is 0 Å². The van der Waals surface area contributed by atoms with E-state index in [1.54, 1.807) is 0 Å². The summed E-state index contributed by atoms with van der Waals surface area (Å²) >= 11 is 6.04. The number of nitrogens with one attached hydrogen (secondary N) is 1. The van der Waals surface area contributed by atoms with Crippen molar-refractivity contribution in [3.05, 3.63) is 70.2 Å². The Labute approximate surface area is 161 Å². The summed E-state index contributed by atoms with van der Waals surface area (Å²) in [6, 6.07) is 16.0. The molecule has 4 heteroatoms. The van der Waals surface area contributed by atoms with Gasteiger partial charge in [0.2, 0.25) is 5.91 Å². The van der Waals surface area contributed by atoms with Gasteiger partial charge in [-0.3, -0.25) is 4.79 Å². The van der Waals surface area contributed by atoms with Crippen LogP contribution in [0.15, 0.2) is 48.5 Å². The number of rotatable bonds is 6. The first-order chi connectivity index (χ1) is 12.5. The zero-order valence-electron chi connectivity index (χ0n) is 15.8. The molecular weight excluding hydrogens is 344 g/mol. The number of hydrogen-bond acceptors (Lipinski definition) is 2. The average molecular weight is 371 g/mol. The third kappa shape index (κ3) is 3.51. The Balaban J connectivity index is 2.01. The smallest absolute Gasteiger partial charge is 0.231 e. The molecule has 0 aromatic heterocycles. The molecule has 0 aliphatic carbocycles. The Hall–Kier alpha value is -1.84. The van der Waals surface area contributed by atoms with E-state index >= 15 is 0 Å². The van der Waals surface area contributed by atoms with Crippen LogP contribution in [0.1, 0.15) is 48.9 Å². The van der Waals surface area contributed by atoms with Gasteiger partial charge in [-0.15, -0.1) is 0 Å². The molecule has 2 atom stereocenters. The van der Waals surface area contributed by atoms with Crippen LogP contribution in [0.25, 0.3) is 0 Å². The lowest BCUT2D eigenvalue weighted by atomic mass is 9.68. The van der Waals surface area contributed by atoms with Crippen molar-refractivity contribution < 1.29 is 4.79 Å². The standard InChI is InChI=1S/C22H27ClN2O/c1-4-22(14-7-15-25(2)3)19-9-6-5-8-18(19)20(24-21(22)26)16-10-12-17(23)13-11-16/h5-6,8-13,20H,4,7,14-15H2,1-3H3,(H,24,26). The SMILES string of the molecule is CCC1(CCCN(C)C)C(=O)NC(c2ccc(Cl)cc2)c2ccccc21. The summed E-state index contributed by atoms with van der Waals surface area (Å²) in [5.74, 6) is 0.136. The van der Waals surface area contributed by atoms with Crippen molar-refractivity contribution in [2.45, 2.75) is 37.6 Å². The molecule has 2 unspecified atom stereocenters. The first-order valence-corrected chi connectivity index (χ1v) is 9.66. The highest BCUT2D eigenvalue weighted by Gasteiger charge is 2.45. The quantitative estimate of drug-likeness (QED) is 0.809. The summed E-state index contributed by atoms with van der Waals surface area (Å²) in [4.78, 5) is 15.5. The summed E-state index contributed by atoms with van der Waals surface area (Å²) in [6.45, 7) is 3.10. The summed E-state index contributed by atoms with van der Waals surface area (Å²) in [5, 5.41) is 4.00. The zero-order valence-corrected chi connectivity index (χ0v) is 16.5. The number of carbonyl (C=O) groups excluding carboxylic acids is 1. The van der Waals surface area contributed by atoms with Crippen LogP contribution < -0.4 is 5.32 Å². The molecule has 0 spiro atoms. The zero-order chi connectivity index (χ0) is 18.7. The van der Waals surface area contributed by atoms with Gasteiger partial charge in [0.25, 0.3) is 0 Å². The second kappa shape index (κ2) is 7.81. The number of nitrogens with zero attached hydrogens (tertiary/aromatic N) is 1. The van der Waals surface area contributed by atoms with E-state index in [1.807, 2.05) is 30.3 Å². The average Bonchev–Trinajstić information content (AvgIpc) is 2.64. The third-order valence-corrected chi connectivity index (χ3v) is 5.77. The van der Waals surface area contributed by atoms with E-state index in [0.29, 0.717) is 5.02 Å². The summed E-state index contributed by atoms with van der Waals surface area (Å²) in [6.07, 6.45) is 2.66. The Kier molecular flexibility index (Phi) is 5.69. The number of amides is 1. The van der Waals surface area contributed by atoms with Gasteiger partial charge in [0, 0.05) is 5.02 Å². The van der Waals surface area contributed by atoms with Crippen molar-refractivity contribution >= 4 is 17.5 Å². The van der Waals surface area contributed by atoms with Gasteiger partial charge < -0.3 is 10.2 Å². The Bertz CT molecular complexity index is 772. The van der Waals surface area contributed by atoms with Gasteiger partial charge in [-0.1, -0.05) is 54.9 Å². The molecule has 0 saturated carbocycles. The maximum atomic E-state index is 13.3. The topological polar surface area (TPSA) is 32.3 Å². The van der Waals surface area contributed by atoms with Crippen LogP contribution in [0.3, 0.4) is 0 Å². The molecule has 0 fully saturated rings. The summed E-state index contributed by atoms with van der Waals surface area (Å²) in [5.41, 5.74) is 2.98. The molecule has 0 bridgehead atoms. The number of hydrogen-bond donors (Lipinski definition) is 1. The van der Waals surface area contributed by atoms with Gasteiger partial charge in [-0.25, -0.2) is 0 Å². The molecule has 1 amide bonds. The van der Waals surface area contributed by atoms with Gasteiger partial charge in [0.05, 0.1) is 11.5 Å².